The quantitative estimate of drug-likeness (QED) is 0.454. The van der Waals surface area contributed by atoms with Gasteiger partial charge in [0.25, 0.3) is 0 Å². The maximum atomic E-state index is 11.5. The number of esters is 2. The molecular formula is C15H16O3. The van der Waals surface area contributed by atoms with E-state index in [1.54, 1.807) is 0 Å². The summed E-state index contributed by atoms with van der Waals surface area (Å²) < 4.78 is 4.59. The van der Waals surface area contributed by atoms with Crippen LogP contribution in [0.1, 0.15) is 18.9 Å². The van der Waals surface area contributed by atoms with E-state index >= 15 is 0 Å². The Morgan fingerprint density at radius 3 is 2.28 bits per heavy atom. The fraction of sp³-hybridized carbons (Fsp3) is 0.200. The van der Waals surface area contributed by atoms with Crippen LogP contribution >= 0.6 is 0 Å². The van der Waals surface area contributed by atoms with Crippen LogP contribution in [0, 0.1) is 0 Å². The molecule has 0 atom stereocenters. The van der Waals surface area contributed by atoms with Gasteiger partial charge in [0, 0.05) is 11.1 Å². The first kappa shape index (κ1) is 13.9. The first-order valence-corrected chi connectivity index (χ1v) is 5.64. The Kier molecular flexibility index (Phi) is 5.06. The van der Waals surface area contributed by atoms with Crippen LogP contribution in [0.5, 0.6) is 0 Å². The maximum absolute atomic E-state index is 11.5. The molecule has 0 bridgehead atoms. The van der Waals surface area contributed by atoms with Crippen molar-refractivity contribution in [2.24, 2.45) is 0 Å². The second kappa shape index (κ2) is 6.55. The average molecular weight is 244 g/mol. The van der Waals surface area contributed by atoms with E-state index in [9.17, 15) is 9.59 Å². The third-order valence-electron chi connectivity index (χ3n) is 2.38. The van der Waals surface area contributed by atoms with Crippen molar-refractivity contribution in [2.45, 2.75) is 19.8 Å². The van der Waals surface area contributed by atoms with Crippen molar-refractivity contribution in [1.29, 1.82) is 0 Å². The third-order valence-corrected chi connectivity index (χ3v) is 2.38. The molecule has 0 unspecified atom stereocenters. The summed E-state index contributed by atoms with van der Waals surface area (Å²) in [4.78, 5) is 22.6. The number of aryl methyl sites for hydroxylation is 1. The number of ether oxygens (including phenoxy) is 1. The number of carbonyl (C=O) groups excluding carboxylic acids is 2. The summed E-state index contributed by atoms with van der Waals surface area (Å²) in [5.74, 6) is -1.39. The lowest BCUT2D eigenvalue weighted by molar-refractivity contribution is -0.154. The highest BCUT2D eigenvalue weighted by atomic mass is 16.6. The Bertz CT molecular complexity index is 472. The van der Waals surface area contributed by atoms with Crippen molar-refractivity contribution < 1.29 is 14.3 Å². The number of benzene rings is 1. The molecule has 0 radical (unpaired) electrons. The van der Waals surface area contributed by atoms with Gasteiger partial charge in [-0.1, -0.05) is 43.5 Å². The minimum atomic E-state index is -0.708. The van der Waals surface area contributed by atoms with E-state index in [0.29, 0.717) is 12.8 Å². The summed E-state index contributed by atoms with van der Waals surface area (Å²) in [6.45, 7) is 8.52. The Morgan fingerprint density at radius 2 is 1.72 bits per heavy atom. The molecule has 94 valence electrons. The van der Waals surface area contributed by atoms with E-state index in [2.05, 4.69) is 17.9 Å². The second-order valence-corrected chi connectivity index (χ2v) is 4.05. The SMILES string of the molecule is C=C(C)C(=O)OC(=O)C(=C)CCc1ccccc1. The van der Waals surface area contributed by atoms with Gasteiger partial charge in [-0.25, -0.2) is 9.59 Å². The first-order chi connectivity index (χ1) is 8.50. The zero-order chi connectivity index (χ0) is 13.5. The summed E-state index contributed by atoms with van der Waals surface area (Å²) >= 11 is 0. The number of hydrogen-bond donors (Lipinski definition) is 0. The molecule has 0 amide bonds. The minimum Gasteiger partial charge on any atom is -0.386 e. The molecule has 0 aliphatic rings. The standard InChI is InChI=1S/C15H16O3/c1-11(2)14(16)18-15(17)12(3)9-10-13-7-5-4-6-8-13/h4-8H,1,3,9-10H2,2H3. The molecule has 0 aliphatic carbocycles. The van der Waals surface area contributed by atoms with Gasteiger partial charge in [0.2, 0.25) is 0 Å². The molecule has 0 heterocycles. The van der Waals surface area contributed by atoms with Gasteiger partial charge in [-0.2, -0.15) is 0 Å². The summed E-state index contributed by atoms with van der Waals surface area (Å²) in [5, 5.41) is 0. The molecule has 1 aromatic rings. The summed E-state index contributed by atoms with van der Waals surface area (Å²) in [7, 11) is 0. The smallest absolute Gasteiger partial charge is 0.341 e. The molecular weight excluding hydrogens is 228 g/mol. The zero-order valence-electron chi connectivity index (χ0n) is 10.4. The van der Waals surface area contributed by atoms with Gasteiger partial charge in [0.05, 0.1) is 0 Å². The van der Waals surface area contributed by atoms with Crippen LogP contribution in [-0.4, -0.2) is 11.9 Å². The maximum Gasteiger partial charge on any atom is 0.341 e. The zero-order valence-corrected chi connectivity index (χ0v) is 10.4. The van der Waals surface area contributed by atoms with Crippen LogP contribution in [0.25, 0.3) is 0 Å². The van der Waals surface area contributed by atoms with Crippen LogP contribution in [0.4, 0.5) is 0 Å². The Labute approximate surface area is 107 Å². The van der Waals surface area contributed by atoms with Crippen molar-refractivity contribution in [3.8, 4) is 0 Å². The van der Waals surface area contributed by atoms with Gasteiger partial charge in [-0.3, -0.25) is 0 Å². The summed E-state index contributed by atoms with van der Waals surface area (Å²) in [5.41, 5.74) is 1.59. The van der Waals surface area contributed by atoms with Crippen molar-refractivity contribution in [1.82, 2.24) is 0 Å². The van der Waals surface area contributed by atoms with Crippen LogP contribution in [0.2, 0.25) is 0 Å². The van der Waals surface area contributed by atoms with Crippen molar-refractivity contribution >= 4 is 11.9 Å². The molecule has 0 N–H and O–H groups in total. The molecule has 18 heavy (non-hydrogen) atoms. The molecule has 0 saturated carbocycles. The molecule has 0 aliphatic heterocycles. The highest BCUT2D eigenvalue weighted by molar-refractivity contribution is 6.00. The molecule has 3 heteroatoms. The largest absolute Gasteiger partial charge is 0.386 e. The second-order valence-electron chi connectivity index (χ2n) is 4.05. The molecule has 1 aromatic carbocycles. The summed E-state index contributed by atoms with van der Waals surface area (Å²) in [6, 6.07) is 9.73. The van der Waals surface area contributed by atoms with E-state index in [1.165, 1.54) is 6.92 Å². The first-order valence-electron chi connectivity index (χ1n) is 5.64. The minimum absolute atomic E-state index is 0.194. The number of hydrogen-bond acceptors (Lipinski definition) is 3. The lowest BCUT2D eigenvalue weighted by atomic mass is 10.1. The molecule has 0 spiro atoms. The molecule has 0 saturated heterocycles. The van der Waals surface area contributed by atoms with Gasteiger partial charge < -0.3 is 4.74 Å². The van der Waals surface area contributed by atoms with E-state index in [-0.39, 0.29) is 11.1 Å². The van der Waals surface area contributed by atoms with E-state index in [4.69, 9.17) is 0 Å². The molecule has 0 fully saturated rings. The van der Waals surface area contributed by atoms with Crippen molar-refractivity contribution in [3.05, 3.63) is 60.2 Å². The van der Waals surface area contributed by atoms with Gasteiger partial charge in [-0.05, 0) is 25.3 Å². The normalized spacial score (nSPS) is 9.61. The van der Waals surface area contributed by atoms with E-state index in [1.807, 2.05) is 30.3 Å². The topological polar surface area (TPSA) is 43.4 Å². The fourth-order valence-electron chi connectivity index (χ4n) is 1.29. The molecule has 1 rings (SSSR count). The van der Waals surface area contributed by atoms with Crippen molar-refractivity contribution in [2.75, 3.05) is 0 Å². The van der Waals surface area contributed by atoms with Crippen LogP contribution in [0.15, 0.2) is 54.6 Å². The average Bonchev–Trinajstić information content (AvgIpc) is 2.36. The Morgan fingerprint density at radius 1 is 1.11 bits per heavy atom. The van der Waals surface area contributed by atoms with E-state index < -0.39 is 11.9 Å². The van der Waals surface area contributed by atoms with Gasteiger partial charge in [0.1, 0.15) is 0 Å². The lowest BCUT2D eigenvalue weighted by Gasteiger charge is -2.05. The van der Waals surface area contributed by atoms with Crippen LogP contribution in [0.3, 0.4) is 0 Å². The monoisotopic (exact) mass is 244 g/mol. The molecule has 0 aromatic heterocycles. The van der Waals surface area contributed by atoms with E-state index in [0.717, 1.165) is 5.56 Å². The van der Waals surface area contributed by atoms with Crippen LogP contribution in [-0.2, 0) is 20.7 Å². The predicted molar refractivity (Wildman–Crippen MR) is 69.8 cm³/mol. The molecule has 3 nitrogen and oxygen atoms in total. The number of carbonyl (C=O) groups is 2. The highest BCUT2D eigenvalue weighted by Crippen LogP contribution is 2.09. The Balaban J connectivity index is 2.44. The van der Waals surface area contributed by atoms with Gasteiger partial charge in [-0.15, -0.1) is 0 Å². The highest BCUT2D eigenvalue weighted by Gasteiger charge is 2.14. The van der Waals surface area contributed by atoms with Crippen molar-refractivity contribution in [3.63, 3.8) is 0 Å². The summed E-state index contributed by atoms with van der Waals surface area (Å²) in [6.07, 6.45) is 1.16. The van der Waals surface area contributed by atoms with Gasteiger partial charge in [0.15, 0.2) is 0 Å². The predicted octanol–water partition coefficient (Wildman–Crippen LogP) is 2.82. The Hall–Kier alpha value is -2.16. The fourth-order valence-corrected chi connectivity index (χ4v) is 1.29. The third kappa shape index (κ3) is 4.37. The number of rotatable bonds is 5. The van der Waals surface area contributed by atoms with Crippen LogP contribution < -0.4 is 0 Å². The van der Waals surface area contributed by atoms with Gasteiger partial charge >= 0.3 is 11.9 Å². The lowest BCUT2D eigenvalue weighted by Crippen LogP contribution is -2.14.